The van der Waals surface area contributed by atoms with Gasteiger partial charge in [0.1, 0.15) is 13.2 Å². The highest BCUT2D eigenvalue weighted by Gasteiger charge is 2.06. The lowest BCUT2D eigenvalue weighted by Gasteiger charge is -1.95. The molecule has 4 nitrogen and oxygen atoms in total. The van der Waals surface area contributed by atoms with E-state index in [0.717, 1.165) is 25.7 Å². The van der Waals surface area contributed by atoms with Crippen molar-refractivity contribution in [1.82, 2.24) is 0 Å². The molecule has 0 aliphatic heterocycles. The van der Waals surface area contributed by atoms with Gasteiger partial charge in [-0.15, -0.1) is 9.05 Å². The minimum absolute atomic E-state index is 0.564. The van der Waals surface area contributed by atoms with Gasteiger partial charge in [-0.3, -0.25) is 0 Å². The van der Waals surface area contributed by atoms with Gasteiger partial charge in [0.15, 0.2) is 13.3 Å². The smallest absolute Gasteiger partial charge is 0.147 e. The average Bonchev–Trinajstić information content (AvgIpc) is 2.08. The Balaban J connectivity index is 2.99. The second-order valence-corrected chi connectivity index (χ2v) is 5.24. The molecule has 2 atom stereocenters. The average molecular weight is 240 g/mol. The molecular weight excluding hydrogens is 222 g/mol. The van der Waals surface area contributed by atoms with Crippen molar-refractivity contribution in [3.63, 3.8) is 0 Å². The van der Waals surface area contributed by atoms with E-state index in [0.29, 0.717) is 13.2 Å². The zero-order valence-electron chi connectivity index (χ0n) is 8.77. The van der Waals surface area contributed by atoms with Gasteiger partial charge in [-0.1, -0.05) is 12.8 Å². The van der Waals surface area contributed by atoms with Crippen molar-refractivity contribution >= 4 is 16.1 Å². The van der Waals surface area contributed by atoms with Gasteiger partial charge < -0.3 is 0 Å². The van der Waals surface area contributed by atoms with Gasteiger partial charge >= 0.3 is 16.1 Å². The van der Waals surface area contributed by atoms with Crippen molar-refractivity contribution in [3.8, 4) is 0 Å². The second kappa shape index (κ2) is 9.67. The largest absolute Gasteiger partial charge is 0.504 e. The predicted molar refractivity (Wildman–Crippen MR) is 57.4 cm³/mol. The fourth-order valence-electron chi connectivity index (χ4n) is 0.944. The molecule has 0 aromatic carbocycles. The summed E-state index contributed by atoms with van der Waals surface area (Å²) in [5.74, 6) is 0. The molecule has 14 heavy (non-hydrogen) atoms. The van der Waals surface area contributed by atoms with E-state index in [4.69, 9.17) is 9.05 Å². The van der Waals surface area contributed by atoms with Crippen LogP contribution in [0, 0.1) is 0 Å². The molecule has 0 heterocycles. The normalized spacial score (nSPS) is 12.7. The summed E-state index contributed by atoms with van der Waals surface area (Å²) < 4.78 is 30.9. The quantitative estimate of drug-likeness (QED) is 0.458. The number of unbranched alkanes of at least 4 members (excludes halogenated alkanes) is 3. The second-order valence-electron chi connectivity index (χ2n) is 2.96. The first-order valence-corrected chi connectivity index (χ1v) is 7.95. The van der Waals surface area contributed by atoms with Crippen LogP contribution in [0.1, 0.15) is 25.7 Å². The molecule has 0 spiro atoms. The molecular formula is C8H18O4P2+2. The fraction of sp³-hybridized carbons (Fsp3) is 1.00. The third kappa shape index (κ3) is 12.1. The highest BCUT2D eigenvalue weighted by atomic mass is 31.1. The Morgan fingerprint density at radius 2 is 1.14 bits per heavy atom. The highest BCUT2D eigenvalue weighted by molar-refractivity contribution is 7.38. The lowest BCUT2D eigenvalue weighted by molar-refractivity contribution is 0.301. The SMILES string of the molecule is C[P+](=O)OCCCCCCO[P+](C)=O. The van der Waals surface area contributed by atoms with Gasteiger partial charge in [0.2, 0.25) is 0 Å². The zero-order chi connectivity index (χ0) is 10.8. The molecule has 0 amide bonds. The van der Waals surface area contributed by atoms with Gasteiger partial charge in [-0.25, -0.2) is 0 Å². The van der Waals surface area contributed by atoms with E-state index in [9.17, 15) is 9.13 Å². The van der Waals surface area contributed by atoms with Crippen LogP contribution in [0.4, 0.5) is 0 Å². The zero-order valence-corrected chi connectivity index (χ0v) is 10.6. The molecule has 0 aromatic heterocycles. The molecule has 0 bridgehead atoms. The van der Waals surface area contributed by atoms with E-state index in [1.54, 1.807) is 13.3 Å². The molecule has 6 heteroatoms. The monoisotopic (exact) mass is 240 g/mol. The summed E-state index contributed by atoms with van der Waals surface area (Å²) in [5, 5.41) is 0. The van der Waals surface area contributed by atoms with Crippen LogP contribution in [-0.4, -0.2) is 26.5 Å². The van der Waals surface area contributed by atoms with Crippen LogP contribution < -0.4 is 0 Å². The van der Waals surface area contributed by atoms with E-state index in [1.165, 1.54) is 0 Å². The summed E-state index contributed by atoms with van der Waals surface area (Å²) in [4.78, 5) is 0. The van der Waals surface area contributed by atoms with Crippen LogP contribution in [0.2, 0.25) is 0 Å². The Morgan fingerprint density at radius 1 is 0.786 bits per heavy atom. The molecule has 0 aromatic rings. The van der Waals surface area contributed by atoms with Gasteiger partial charge in [0.05, 0.1) is 0 Å². The van der Waals surface area contributed by atoms with Crippen molar-refractivity contribution in [3.05, 3.63) is 0 Å². The Bertz CT molecular complexity index is 164. The van der Waals surface area contributed by atoms with Gasteiger partial charge in [0.25, 0.3) is 0 Å². The van der Waals surface area contributed by atoms with Gasteiger partial charge in [-0.05, 0) is 22.0 Å². The molecule has 0 fully saturated rings. The van der Waals surface area contributed by atoms with Crippen LogP contribution in [0.25, 0.3) is 0 Å². The Hall–Kier alpha value is 0.120. The number of hydrogen-bond donors (Lipinski definition) is 0. The minimum Gasteiger partial charge on any atom is -0.147 e. The molecule has 2 unspecified atom stereocenters. The predicted octanol–water partition coefficient (Wildman–Crippen LogP) is 3.32. The molecule has 0 saturated heterocycles. The maximum absolute atomic E-state index is 10.5. The summed E-state index contributed by atoms with van der Waals surface area (Å²) in [5.41, 5.74) is 0. The molecule has 0 saturated carbocycles. The summed E-state index contributed by atoms with van der Waals surface area (Å²) in [6, 6.07) is 0. The lowest BCUT2D eigenvalue weighted by atomic mass is 10.2. The maximum Gasteiger partial charge on any atom is 0.504 e. The summed E-state index contributed by atoms with van der Waals surface area (Å²) in [6.07, 6.45) is 3.92. The molecule has 82 valence electrons. The van der Waals surface area contributed by atoms with E-state index < -0.39 is 16.1 Å². The highest BCUT2D eigenvalue weighted by Crippen LogP contribution is 2.17. The first-order chi connectivity index (χ1) is 6.63. The third-order valence-corrected chi connectivity index (χ3v) is 2.68. The standard InChI is InChI=1S/C8H18O4P2/c1-13(9)11-7-5-3-4-6-8-12-14(2)10/h3-8H2,1-2H3/q+2. The molecule has 0 aliphatic rings. The van der Waals surface area contributed by atoms with E-state index in [1.807, 2.05) is 0 Å². The molecule has 0 aliphatic carbocycles. The Morgan fingerprint density at radius 3 is 1.43 bits per heavy atom. The van der Waals surface area contributed by atoms with Crippen molar-refractivity contribution in [2.24, 2.45) is 0 Å². The van der Waals surface area contributed by atoms with Crippen molar-refractivity contribution < 1.29 is 18.2 Å². The first kappa shape index (κ1) is 14.1. The van der Waals surface area contributed by atoms with E-state index in [-0.39, 0.29) is 0 Å². The molecule has 0 radical (unpaired) electrons. The maximum atomic E-state index is 10.5. The number of hydrogen-bond acceptors (Lipinski definition) is 4. The van der Waals surface area contributed by atoms with Crippen LogP contribution in [0.3, 0.4) is 0 Å². The fourth-order valence-corrected chi connectivity index (χ4v) is 1.72. The topological polar surface area (TPSA) is 52.6 Å². The lowest BCUT2D eigenvalue weighted by Crippen LogP contribution is -1.90. The number of rotatable bonds is 9. The summed E-state index contributed by atoms with van der Waals surface area (Å²) in [7, 11) is -2.90. The van der Waals surface area contributed by atoms with Gasteiger partial charge in [-0.2, -0.15) is 0 Å². The minimum atomic E-state index is -1.45. The summed E-state index contributed by atoms with van der Waals surface area (Å²) >= 11 is 0. The third-order valence-electron chi connectivity index (χ3n) is 1.58. The Kier molecular flexibility index (Phi) is 9.75. The van der Waals surface area contributed by atoms with E-state index in [2.05, 4.69) is 0 Å². The molecule has 0 N–H and O–H groups in total. The molecule has 0 rings (SSSR count). The van der Waals surface area contributed by atoms with Crippen LogP contribution >= 0.6 is 16.1 Å². The first-order valence-electron chi connectivity index (χ1n) is 4.70. The van der Waals surface area contributed by atoms with Crippen LogP contribution in [0.5, 0.6) is 0 Å². The van der Waals surface area contributed by atoms with E-state index >= 15 is 0 Å². The Labute approximate surface area is 87.1 Å². The van der Waals surface area contributed by atoms with Crippen molar-refractivity contribution in [2.45, 2.75) is 25.7 Å². The van der Waals surface area contributed by atoms with Crippen LogP contribution in [-0.2, 0) is 18.2 Å². The van der Waals surface area contributed by atoms with Crippen molar-refractivity contribution in [1.29, 1.82) is 0 Å². The van der Waals surface area contributed by atoms with Gasteiger partial charge in [0, 0.05) is 0 Å². The van der Waals surface area contributed by atoms with Crippen molar-refractivity contribution in [2.75, 3.05) is 26.5 Å². The van der Waals surface area contributed by atoms with Crippen LogP contribution in [0.15, 0.2) is 0 Å². The summed E-state index contributed by atoms with van der Waals surface area (Å²) in [6.45, 7) is 4.24.